The largest absolute Gasteiger partial charge is 0.481 e. The number of rotatable bonds is 15. The van der Waals surface area contributed by atoms with Crippen LogP contribution in [0.2, 0.25) is 0 Å². The van der Waals surface area contributed by atoms with Crippen molar-refractivity contribution < 1.29 is 33.8 Å². The maximum atomic E-state index is 12.7. The summed E-state index contributed by atoms with van der Waals surface area (Å²) in [6.45, 7) is 7.17. The monoisotopic (exact) mass is 430 g/mol. The maximum absolute atomic E-state index is 12.7. The van der Waals surface area contributed by atoms with Crippen LogP contribution in [-0.2, 0) is 23.9 Å². The Balaban J connectivity index is 4.98. The molecule has 9 heteroatoms. The summed E-state index contributed by atoms with van der Waals surface area (Å²) < 4.78 is 10.6. The van der Waals surface area contributed by atoms with Crippen LogP contribution in [0, 0.1) is 0 Å². The third-order valence-corrected chi connectivity index (χ3v) is 4.20. The molecular formula is C21H38N2O7. The highest BCUT2D eigenvalue weighted by Gasteiger charge is 2.28. The number of carbonyl (C=O) groups excluding carboxylic acids is 3. The predicted molar refractivity (Wildman–Crippen MR) is 112 cm³/mol. The third kappa shape index (κ3) is 15.6. The molecule has 0 aromatic rings. The van der Waals surface area contributed by atoms with E-state index >= 15 is 0 Å². The number of unbranched alkanes of at least 4 members (excludes halogenated alkanes) is 4. The first-order valence-electron chi connectivity index (χ1n) is 10.6. The summed E-state index contributed by atoms with van der Waals surface area (Å²) in [5.41, 5.74) is 4.52. The minimum atomic E-state index is -1.07. The maximum Gasteiger partial charge on any atom is 0.408 e. The number of esters is 1. The fourth-order valence-corrected chi connectivity index (χ4v) is 2.81. The summed E-state index contributed by atoms with van der Waals surface area (Å²) in [4.78, 5) is 46.9. The van der Waals surface area contributed by atoms with Gasteiger partial charge in [0.1, 0.15) is 17.7 Å². The van der Waals surface area contributed by atoms with Crippen LogP contribution in [0.4, 0.5) is 4.79 Å². The lowest BCUT2D eigenvalue weighted by molar-refractivity contribution is -0.153. The highest BCUT2D eigenvalue weighted by atomic mass is 16.6. The smallest absolute Gasteiger partial charge is 0.408 e. The Morgan fingerprint density at radius 2 is 1.63 bits per heavy atom. The number of hydrogen-bond acceptors (Lipinski definition) is 6. The second-order valence-electron chi connectivity index (χ2n) is 8.42. The number of aliphatic carboxylic acids is 1. The number of amides is 2. The number of nitrogens with two attached hydrogens (primary N) is 1. The van der Waals surface area contributed by atoms with E-state index in [1.807, 2.05) is 0 Å². The van der Waals surface area contributed by atoms with Gasteiger partial charge in [0, 0.05) is 6.42 Å². The van der Waals surface area contributed by atoms with Crippen LogP contribution >= 0.6 is 0 Å². The lowest BCUT2D eigenvalue weighted by Crippen LogP contribution is -2.45. The number of primary amides is 1. The minimum Gasteiger partial charge on any atom is -0.481 e. The molecule has 0 heterocycles. The SMILES string of the molecule is CCCCCCCC(CC(N)=O)OC(=O)[C@H](CCCC(=O)O)NC(=O)OC(C)(C)C. The van der Waals surface area contributed by atoms with Crippen LogP contribution in [0.1, 0.15) is 91.9 Å². The normalized spacial score (nSPS) is 13.2. The summed E-state index contributed by atoms with van der Waals surface area (Å²) in [5, 5.41) is 11.3. The molecule has 0 bridgehead atoms. The average molecular weight is 431 g/mol. The molecule has 0 fully saturated rings. The molecule has 2 atom stereocenters. The quantitative estimate of drug-likeness (QED) is 0.267. The first kappa shape index (κ1) is 27.7. The van der Waals surface area contributed by atoms with E-state index < -0.39 is 41.7 Å². The second kappa shape index (κ2) is 14.6. The molecule has 0 aliphatic carbocycles. The Hall–Kier alpha value is -2.32. The lowest BCUT2D eigenvalue weighted by Gasteiger charge is -2.24. The first-order valence-corrected chi connectivity index (χ1v) is 10.6. The van der Waals surface area contributed by atoms with Crippen molar-refractivity contribution in [3.63, 3.8) is 0 Å². The van der Waals surface area contributed by atoms with Gasteiger partial charge in [-0.3, -0.25) is 9.59 Å². The molecule has 174 valence electrons. The number of hydrogen-bond donors (Lipinski definition) is 3. The molecular weight excluding hydrogens is 392 g/mol. The fourth-order valence-electron chi connectivity index (χ4n) is 2.81. The average Bonchev–Trinajstić information content (AvgIpc) is 2.58. The first-order chi connectivity index (χ1) is 13.9. The van der Waals surface area contributed by atoms with E-state index in [1.165, 1.54) is 0 Å². The highest BCUT2D eigenvalue weighted by molar-refractivity contribution is 5.82. The zero-order chi connectivity index (χ0) is 23.2. The van der Waals surface area contributed by atoms with E-state index in [4.69, 9.17) is 20.3 Å². The number of nitrogens with one attached hydrogen (secondary N) is 1. The summed E-state index contributed by atoms with van der Waals surface area (Å²) in [7, 11) is 0. The zero-order valence-corrected chi connectivity index (χ0v) is 18.7. The Morgan fingerprint density at radius 1 is 1.00 bits per heavy atom. The van der Waals surface area contributed by atoms with Gasteiger partial charge in [-0.1, -0.05) is 32.6 Å². The van der Waals surface area contributed by atoms with Gasteiger partial charge in [0.05, 0.1) is 6.42 Å². The molecule has 0 aliphatic heterocycles. The van der Waals surface area contributed by atoms with Crippen LogP contribution < -0.4 is 11.1 Å². The molecule has 0 aromatic heterocycles. The van der Waals surface area contributed by atoms with Crippen LogP contribution in [-0.4, -0.2) is 46.8 Å². The van der Waals surface area contributed by atoms with Crippen molar-refractivity contribution in [2.45, 2.75) is 110 Å². The molecule has 0 aromatic carbocycles. The summed E-state index contributed by atoms with van der Waals surface area (Å²) in [6, 6.07) is -1.07. The van der Waals surface area contributed by atoms with Gasteiger partial charge in [0.2, 0.25) is 5.91 Å². The van der Waals surface area contributed by atoms with Crippen molar-refractivity contribution in [2.24, 2.45) is 5.73 Å². The molecule has 1 unspecified atom stereocenters. The molecule has 0 saturated heterocycles. The van der Waals surface area contributed by atoms with Crippen molar-refractivity contribution >= 4 is 23.9 Å². The Labute approximate surface area is 179 Å². The summed E-state index contributed by atoms with van der Waals surface area (Å²) in [5.74, 6) is -2.31. The van der Waals surface area contributed by atoms with Crippen molar-refractivity contribution in [2.75, 3.05) is 0 Å². The van der Waals surface area contributed by atoms with E-state index in [0.717, 1.165) is 32.1 Å². The van der Waals surface area contributed by atoms with E-state index in [2.05, 4.69) is 12.2 Å². The number of carboxylic acid groups (broad SMARTS) is 1. The third-order valence-electron chi connectivity index (χ3n) is 4.20. The van der Waals surface area contributed by atoms with Crippen molar-refractivity contribution in [1.82, 2.24) is 5.32 Å². The van der Waals surface area contributed by atoms with Crippen molar-refractivity contribution in [1.29, 1.82) is 0 Å². The van der Waals surface area contributed by atoms with Crippen molar-refractivity contribution in [3.8, 4) is 0 Å². The van der Waals surface area contributed by atoms with E-state index in [0.29, 0.717) is 6.42 Å². The molecule has 0 rings (SSSR count). The van der Waals surface area contributed by atoms with Crippen LogP contribution in [0.5, 0.6) is 0 Å². The molecule has 0 saturated carbocycles. The fraction of sp³-hybridized carbons (Fsp3) is 0.810. The van der Waals surface area contributed by atoms with Gasteiger partial charge in [0.15, 0.2) is 0 Å². The predicted octanol–water partition coefficient (Wildman–Crippen LogP) is 3.28. The van der Waals surface area contributed by atoms with Gasteiger partial charge < -0.3 is 25.6 Å². The topological polar surface area (TPSA) is 145 Å². The number of alkyl carbamates (subject to hydrolysis) is 1. The molecule has 9 nitrogen and oxygen atoms in total. The van der Waals surface area contributed by atoms with Gasteiger partial charge in [-0.15, -0.1) is 0 Å². The van der Waals surface area contributed by atoms with E-state index in [-0.39, 0.29) is 25.7 Å². The Kier molecular flexibility index (Phi) is 13.5. The summed E-state index contributed by atoms with van der Waals surface area (Å²) in [6.07, 6.45) is 4.03. The van der Waals surface area contributed by atoms with Gasteiger partial charge >= 0.3 is 18.0 Å². The highest BCUT2D eigenvalue weighted by Crippen LogP contribution is 2.15. The molecule has 30 heavy (non-hydrogen) atoms. The minimum absolute atomic E-state index is 0.0736. The van der Waals surface area contributed by atoms with Crippen LogP contribution in [0.3, 0.4) is 0 Å². The van der Waals surface area contributed by atoms with Gasteiger partial charge in [-0.25, -0.2) is 9.59 Å². The van der Waals surface area contributed by atoms with Gasteiger partial charge in [-0.05, 0) is 46.5 Å². The second-order valence-corrected chi connectivity index (χ2v) is 8.42. The number of ether oxygens (including phenoxy) is 2. The number of carbonyl (C=O) groups is 4. The number of carboxylic acids is 1. The van der Waals surface area contributed by atoms with Crippen LogP contribution in [0.15, 0.2) is 0 Å². The van der Waals surface area contributed by atoms with Gasteiger partial charge in [0.25, 0.3) is 0 Å². The standard InChI is InChI=1S/C21H38N2O7/c1-5-6-7-8-9-11-15(14-17(22)24)29-19(27)16(12-10-13-18(25)26)23-20(28)30-21(2,3)4/h15-16H,5-14H2,1-4H3,(H2,22,24)(H,23,28)(H,25,26)/t15?,16-/m0/s1. The lowest BCUT2D eigenvalue weighted by atomic mass is 10.1. The molecule has 2 amide bonds. The van der Waals surface area contributed by atoms with Gasteiger partial charge in [-0.2, -0.15) is 0 Å². The van der Waals surface area contributed by atoms with Crippen molar-refractivity contribution in [3.05, 3.63) is 0 Å². The van der Waals surface area contributed by atoms with E-state index in [9.17, 15) is 19.2 Å². The summed E-state index contributed by atoms with van der Waals surface area (Å²) >= 11 is 0. The molecule has 0 radical (unpaired) electrons. The zero-order valence-electron chi connectivity index (χ0n) is 18.7. The Morgan fingerprint density at radius 3 is 2.17 bits per heavy atom. The van der Waals surface area contributed by atoms with Crippen LogP contribution in [0.25, 0.3) is 0 Å². The molecule has 4 N–H and O–H groups in total. The Bertz CT molecular complexity index is 558. The van der Waals surface area contributed by atoms with E-state index in [1.54, 1.807) is 20.8 Å². The molecule has 0 aliphatic rings. The molecule has 0 spiro atoms.